The first-order valence-corrected chi connectivity index (χ1v) is 10.7. The van der Waals surface area contributed by atoms with Gasteiger partial charge in [0.15, 0.2) is 11.5 Å². The molecule has 0 radical (unpaired) electrons. The van der Waals surface area contributed by atoms with Crippen molar-refractivity contribution >= 4 is 12.1 Å². The van der Waals surface area contributed by atoms with E-state index in [9.17, 15) is 15.0 Å². The Hall–Kier alpha value is -3.12. The second-order valence-electron chi connectivity index (χ2n) is 8.71. The molecule has 2 aromatic rings. The first-order chi connectivity index (χ1) is 14.8. The summed E-state index contributed by atoms with van der Waals surface area (Å²) < 4.78 is 0. The summed E-state index contributed by atoms with van der Waals surface area (Å²) in [6.07, 6.45) is 0.00703. The van der Waals surface area contributed by atoms with Crippen LogP contribution < -0.4 is 0 Å². The molecule has 6 nitrogen and oxygen atoms in total. The largest absolute Gasteiger partial charge is 0.507 e. The zero-order valence-electron chi connectivity index (χ0n) is 18.4. The van der Waals surface area contributed by atoms with Crippen molar-refractivity contribution in [1.82, 2.24) is 9.91 Å². The van der Waals surface area contributed by atoms with E-state index >= 15 is 0 Å². The summed E-state index contributed by atoms with van der Waals surface area (Å²) in [4.78, 5) is 14.9. The van der Waals surface area contributed by atoms with Gasteiger partial charge in [-0.15, -0.1) is 0 Å². The normalized spacial score (nSPS) is 21.3. The Kier molecular flexibility index (Phi) is 5.58. The van der Waals surface area contributed by atoms with Gasteiger partial charge in [-0.05, 0) is 38.8 Å². The molecule has 0 spiro atoms. The van der Waals surface area contributed by atoms with Crippen LogP contribution in [0.25, 0.3) is 0 Å². The van der Waals surface area contributed by atoms with Gasteiger partial charge in [-0.25, -0.2) is 0 Å². The predicted molar refractivity (Wildman–Crippen MR) is 121 cm³/mol. The van der Waals surface area contributed by atoms with E-state index in [1.807, 2.05) is 26.0 Å². The second-order valence-corrected chi connectivity index (χ2v) is 8.71. The minimum Gasteiger partial charge on any atom is -0.507 e. The van der Waals surface area contributed by atoms with Crippen LogP contribution in [0.5, 0.6) is 0 Å². The van der Waals surface area contributed by atoms with Gasteiger partial charge in [0.1, 0.15) is 6.10 Å². The number of fused-ring (bicyclic) bond motifs is 1. The van der Waals surface area contributed by atoms with E-state index in [4.69, 9.17) is 0 Å². The molecule has 2 atom stereocenters. The highest BCUT2D eigenvalue weighted by molar-refractivity contribution is 5.96. The van der Waals surface area contributed by atoms with E-state index in [1.165, 1.54) is 6.21 Å². The van der Waals surface area contributed by atoms with Crippen molar-refractivity contribution in [3.05, 3.63) is 82.2 Å². The van der Waals surface area contributed by atoms with Crippen LogP contribution >= 0.6 is 0 Å². The Balaban J connectivity index is 1.90. The molecule has 31 heavy (non-hydrogen) atoms. The van der Waals surface area contributed by atoms with Crippen LogP contribution in [0.2, 0.25) is 0 Å². The third kappa shape index (κ3) is 3.83. The van der Waals surface area contributed by atoms with Gasteiger partial charge in [0.05, 0.1) is 12.3 Å². The average molecular weight is 420 g/mol. The molecule has 6 heteroatoms. The van der Waals surface area contributed by atoms with Crippen molar-refractivity contribution in [2.75, 3.05) is 6.54 Å². The lowest BCUT2D eigenvalue weighted by atomic mass is 9.82. The van der Waals surface area contributed by atoms with E-state index in [-0.39, 0.29) is 35.4 Å². The number of benzene rings is 2. The van der Waals surface area contributed by atoms with Crippen molar-refractivity contribution in [1.29, 1.82) is 0 Å². The number of carbonyl (C=O) groups excluding carboxylic acids is 1. The molecule has 1 saturated heterocycles. The van der Waals surface area contributed by atoms with Crippen LogP contribution in [0.4, 0.5) is 0 Å². The van der Waals surface area contributed by atoms with Crippen LogP contribution in [0.3, 0.4) is 0 Å². The Morgan fingerprint density at radius 2 is 1.61 bits per heavy atom. The fourth-order valence-electron chi connectivity index (χ4n) is 4.53. The fraction of sp³-hybridized carbons (Fsp3) is 0.360. The first-order valence-electron chi connectivity index (χ1n) is 10.7. The van der Waals surface area contributed by atoms with Gasteiger partial charge >= 0.3 is 0 Å². The molecular formula is C25H29N3O3. The van der Waals surface area contributed by atoms with Crippen molar-refractivity contribution in [3.8, 4) is 0 Å². The lowest BCUT2D eigenvalue weighted by Gasteiger charge is -2.47. The monoisotopic (exact) mass is 419 g/mol. The summed E-state index contributed by atoms with van der Waals surface area (Å²) in [5.74, 6) is -0.751. The number of aliphatic hydroxyl groups is 2. The Morgan fingerprint density at radius 3 is 2.13 bits per heavy atom. The maximum Gasteiger partial charge on any atom is 0.276 e. The molecule has 0 saturated carbocycles. The molecule has 1 amide bonds. The third-order valence-corrected chi connectivity index (χ3v) is 6.06. The highest BCUT2D eigenvalue weighted by atomic mass is 16.3. The summed E-state index contributed by atoms with van der Waals surface area (Å²) in [6, 6.07) is 16.4. The topological polar surface area (TPSA) is 76.4 Å². The molecule has 0 aliphatic carbocycles. The maximum atomic E-state index is 13.2. The number of carbonyl (C=O) groups is 1. The van der Waals surface area contributed by atoms with Gasteiger partial charge < -0.3 is 15.1 Å². The summed E-state index contributed by atoms with van der Waals surface area (Å²) in [6.45, 7) is 8.49. The number of aliphatic hydroxyl groups excluding tert-OH is 2. The lowest BCUT2D eigenvalue weighted by molar-refractivity contribution is -0.136. The quantitative estimate of drug-likeness (QED) is 0.796. The van der Waals surface area contributed by atoms with Gasteiger partial charge in [0, 0.05) is 18.5 Å². The number of rotatable bonds is 4. The molecule has 0 aromatic heterocycles. The molecule has 2 aliphatic rings. The Morgan fingerprint density at radius 1 is 1.03 bits per heavy atom. The average Bonchev–Trinajstić information content (AvgIpc) is 2.72. The predicted octanol–water partition coefficient (Wildman–Crippen LogP) is 3.49. The molecule has 0 bridgehead atoms. The smallest absolute Gasteiger partial charge is 0.276 e. The lowest BCUT2D eigenvalue weighted by Crippen LogP contribution is -2.58. The fourth-order valence-corrected chi connectivity index (χ4v) is 4.53. The molecule has 1 fully saturated rings. The van der Waals surface area contributed by atoms with Crippen molar-refractivity contribution in [2.45, 2.75) is 51.8 Å². The summed E-state index contributed by atoms with van der Waals surface area (Å²) >= 11 is 0. The zero-order valence-corrected chi connectivity index (χ0v) is 18.4. The van der Waals surface area contributed by atoms with E-state index in [2.05, 4.69) is 55.3 Å². The number of piperazine rings is 1. The van der Waals surface area contributed by atoms with Gasteiger partial charge in [-0.1, -0.05) is 59.7 Å². The highest BCUT2D eigenvalue weighted by Crippen LogP contribution is 2.39. The molecule has 2 aromatic carbocycles. The standard InChI is InChI=1S/C25H29N3O3/c1-15(2)27-14-20(28-23(25(27)31)24(30)21(29)13-26-28)22(18-9-5-7-16(3)11-18)19-10-6-8-17(4)12-19/h5-13,15,20-22,29-30H,14H2,1-4H3. The van der Waals surface area contributed by atoms with Crippen LogP contribution in [0, 0.1) is 13.8 Å². The van der Waals surface area contributed by atoms with E-state index in [1.54, 1.807) is 9.91 Å². The van der Waals surface area contributed by atoms with Crippen LogP contribution in [-0.4, -0.2) is 57.0 Å². The van der Waals surface area contributed by atoms with Crippen molar-refractivity contribution < 1.29 is 15.0 Å². The number of hydrogen-bond donors (Lipinski definition) is 2. The van der Waals surface area contributed by atoms with Gasteiger partial charge in [0.2, 0.25) is 0 Å². The SMILES string of the molecule is Cc1cccc(C(c2cccc(C)c2)C2CN(C(C)C)C(=O)C3=C(O)C(O)C=NN32)c1. The minimum atomic E-state index is -1.28. The third-order valence-electron chi connectivity index (χ3n) is 6.06. The molecule has 4 rings (SSSR count). The molecule has 2 unspecified atom stereocenters. The zero-order chi connectivity index (χ0) is 22.3. The van der Waals surface area contributed by atoms with Gasteiger partial charge in [-0.2, -0.15) is 5.10 Å². The minimum absolute atomic E-state index is 0.0591. The summed E-state index contributed by atoms with van der Waals surface area (Å²) in [7, 11) is 0. The molecular weight excluding hydrogens is 390 g/mol. The number of amides is 1. The molecule has 2 N–H and O–H groups in total. The van der Waals surface area contributed by atoms with E-state index < -0.39 is 6.10 Å². The molecule has 2 aliphatic heterocycles. The number of hydrazone groups is 1. The van der Waals surface area contributed by atoms with E-state index in [0.29, 0.717) is 6.54 Å². The molecule has 2 heterocycles. The summed E-state index contributed by atoms with van der Waals surface area (Å²) in [5.41, 5.74) is 4.60. The maximum absolute atomic E-state index is 13.2. The van der Waals surface area contributed by atoms with Crippen LogP contribution in [0.15, 0.2) is 65.1 Å². The number of aryl methyl sites for hydroxylation is 2. The van der Waals surface area contributed by atoms with E-state index in [0.717, 1.165) is 22.3 Å². The van der Waals surface area contributed by atoms with Crippen LogP contribution in [-0.2, 0) is 4.79 Å². The molecule has 162 valence electrons. The van der Waals surface area contributed by atoms with Crippen molar-refractivity contribution in [3.63, 3.8) is 0 Å². The van der Waals surface area contributed by atoms with Crippen molar-refractivity contribution in [2.24, 2.45) is 5.10 Å². The number of nitrogens with zero attached hydrogens (tertiary/aromatic N) is 3. The number of hydrogen-bond acceptors (Lipinski definition) is 5. The summed E-state index contributed by atoms with van der Waals surface area (Å²) in [5, 5.41) is 26.8. The van der Waals surface area contributed by atoms with Gasteiger partial charge in [-0.3, -0.25) is 9.80 Å². The Bertz CT molecular complexity index is 1010. The van der Waals surface area contributed by atoms with Gasteiger partial charge in [0.25, 0.3) is 5.91 Å². The Labute approximate surface area is 183 Å². The second kappa shape index (κ2) is 8.19. The van der Waals surface area contributed by atoms with Crippen LogP contribution in [0.1, 0.15) is 42.0 Å². The highest BCUT2D eigenvalue weighted by Gasteiger charge is 2.45. The first kappa shape index (κ1) is 21.1.